The van der Waals surface area contributed by atoms with Crippen molar-refractivity contribution in [1.82, 2.24) is 13.9 Å². The van der Waals surface area contributed by atoms with E-state index in [4.69, 9.17) is 9.47 Å². The molecule has 5 aliphatic carbocycles. The lowest BCUT2D eigenvalue weighted by atomic mass is 9.38. The second-order valence-electron chi connectivity index (χ2n) is 16.3. The predicted molar refractivity (Wildman–Crippen MR) is 183 cm³/mol. The lowest BCUT2D eigenvalue weighted by molar-refractivity contribution is -0.182. The normalized spacial score (nSPS) is 40.7. The van der Waals surface area contributed by atoms with E-state index in [0.717, 1.165) is 57.8 Å². The van der Waals surface area contributed by atoms with Crippen LogP contribution in [0.5, 0.6) is 0 Å². The molecule has 0 aromatic carbocycles. The highest BCUT2D eigenvalue weighted by Crippen LogP contribution is 2.74. The third-order valence-electron chi connectivity index (χ3n) is 13.8. The van der Waals surface area contributed by atoms with Crippen LogP contribution in [-0.4, -0.2) is 38.6 Å². The first-order valence-electron chi connectivity index (χ1n) is 18.6. The summed E-state index contributed by atoms with van der Waals surface area (Å²) in [4.78, 5) is 51.6. The highest BCUT2D eigenvalue weighted by Gasteiger charge is 2.68. The van der Waals surface area contributed by atoms with Gasteiger partial charge in [0.2, 0.25) is 0 Å². The Bertz CT molecular complexity index is 1550. The lowest BCUT2D eigenvalue weighted by Crippen LogP contribution is -2.63. The fourth-order valence-corrected chi connectivity index (χ4v) is 12.0. The Kier molecular flexibility index (Phi) is 9.41. The van der Waals surface area contributed by atoms with E-state index in [-0.39, 0.29) is 57.6 Å². The Hall–Kier alpha value is -2.58. The van der Waals surface area contributed by atoms with E-state index in [1.165, 1.54) is 36.0 Å². The molecule has 10 unspecified atom stereocenters. The molecule has 0 bridgehead atoms. The molecule has 4 fully saturated rings. The van der Waals surface area contributed by atoms with E-state index in [0.29, 0.717) is 24.4 Å². The smallest absolute Gasteiger partial charge is 0.347 e. The summed E-state index contributed by atoms with van der Waals surface area (Å²) in [6, 6.07) is -0.176. The van der Waals surface area contributed by atoms with Crippen molar-refractivity contribution >= 4 is 11.9 Å². The van der Waals surface area contributed by atoms with Crippen LogP contribution < -0.4 is 11.4 Å². The minimum absolute atomic E-state index is 0.0430. The van der Waals surface area contributed by atoms with Gasteiger partial charge in [-0.3, -0.25) is 9.59 Å². The lowest BCUT2D eigenvalue weighted by Gasteiger charge is -2.67. The summed E-state index contributed by atoms with van der Waals surface area (Å²) in [5.74, 6) is 0.923. The number of aromatic nitrogens is 3. The van der Waals surface area contributed by atoms with Crippen LogP contribution in [0.4, 0.5) is 0 Å². The van der Waals surface area contributed by atoms with Crippen molar-refractivity contribution in [3.8, 4) is 0 Å². The fourth-order valence-electron chi connectivity index (χ4n) is 12.0. The van der Waals surface area contributed by atoms with Gasteiger partial charge in [-0.15, -0.1) is 0 Å². The summed E-state index contributed by atoms with van der Waals surface area (Å²) in [5.41, 5.74) is 1.41. The fraction of sp³-hybridized carbons (Fsp3) is 0.842. The minimum Gasteiger partial charge on any atom is -0.465 e. The van der Waals surface area contributed by atoms with Crippen LogP contribution in [-0.2, 0) is 31.6 Å². The predicted octanol–water partition coefficient (Wildman–Crippen LogP) is 6.91. The molecule has 1 aromatic rings. The summed E-state index contributed by atoms with van der Waals surface area (Å²) in [6.45, 7) is 21.0. The number of esters is 2. The van der Waals surface area contributed by atoms with E-state index >= 15 is 0 Å². The van der Waals surface area contributed by atoms with Gasteiger partial charge in [0.25, 0.3) is 0 Å². The van der Waals surface area contributed by atoms with Crippen molar-refractivity contribution in [2.75, 3.05) is 6.61 Å². The van der Waals surface area contributed by atoms with Gasteiger partial charge in [0.1, 0.15) is 12.7 Å². The molecule has 47 heavy (non-hydrogen) atoms. The second-order valence-corrected chi connectivity index (χ2v) is 16.3. The maximum atomic E-state index is 13.9. The van der Waals surface area contributed by atoms with E-state index < -0.39 is 5.54 Å². The third-order valence-corrected chi connectivity index (χ3v) is 13.8. The molecule has 0 amide bonds. The summed E-state index contributed by atoms with van der Waals surface area (Å²) < 4.78 is 16.5. The Morgan fingerprint density at radius 1 is 0.872 bits per heavy atom. The molecule has 0 spiro atoms. The number of rotatable bonds is 3. The van der Waals surface area contributed by atoms with Crippen molar-refractivity contribution in [1.29, 1.82) is 0 Å². The van der Waals surface area contributed by atoms with Gasteiger partial charge in [-0.1, -0.05) is 54.9 Å². The maximum Gasteiger partial charge on any atom is 0.347 e. The molecule has 264 valence electrons. The van der Waals surface area contributed by atoms with Crippen molar-refractivity contribution in [2.24, 2.45) is 47.0 Å². The number of allylic oxidation sites excluding steroid dienone is 1. The molecule has 1 aromatic heterocycles. The minimum atomic E-state index is -0.608. The quantitative estimate of drug-likeness (QED) is 0.259. The van der Waals surface area contributed by atoms with Gasteiger partial charge in [-0.2, -0.15) is 0 Å². The van der Waals surface area contributed by atoms with Gasteiger partial charge in [-0.25, -0.2) is 23.5 Å². The Morgan fingerprint density at radius 3 is 2.13 bits per heavy atom. The Balaban J connectivity index is 0.000000822. The molecule has 1 aliphatic heterocycles. The van der Waals surface area contributed by atoms with Crippen molar-refractivity contribution in [3.05, 3.63) is 32.1 Å². The van der Waals surface area contributed by atoms with Gasteiger partial charge in [0.05, 0.1) is 11.6 Å². The van der Waals surface area contributed by atoms with E-state index in [1.54, 1.807) is 11.7 Å². The number of carbonyl (C=O) groups excluding carboxylic acids is 2. The molecular weight excluding hydrogens is 594 g/mol. The highest BCUT2D eigenvalue weighted by atomic mass is 16.5. The molecule has 0 N–H and O–H groups in total. The van der Waals surface area contributed by atoms with Crippen LogP contribution in [0.2, 0.25) is 0 Å². The molecule has 7 rings (SSSR count). The second kappa shape index (κ2) is 12.4. The zero-order valence-corrected chi connectivity index (χ0v) is 31.0. The zero-order chi connectivity index (χ0) is 34.9. The van der Waals surface area contributed by atoms with Crippen LogP contribution in [0.3, 0.4) is 0 Å². The van der Waals surface area contributed by atoms with Gasteiger partial charge in [0.15, 0.2) is 0 Å². The first-order chi connectivity index (χ1) is 22.1. The van der Waals surface area contributed by atoms with Crippen LogP contribution in [0.25, 0.3) is 0 Å². The Labute approximate surface area is 281 Å². The van der Waals surface area contributed by atoms with Crippen LogP contribution in [0, 0.1) is 39.9 Å². The van der Waals surface area contributed by atoms with Gasteiger partial charge in [0, 0.05) is 26.3 Å². The molecule has 0 saturated heterocycles. The molecular formula is C38H61N3O6. The molecule has 9 heteroatoms. The molecule has 2 heterocycles. The van der Waals surface area contributed by atoms with E-state index in [9.17, 15) is 19.2 Å². The number of nitrogens with zero attached hydrogens (tertiary/aromatic N) is 3. The summed E-state index contributed by atoms with van der Waals surface area (Å²) in [7, 11) is 1.60. The maximum absolute atomic E-state index is 13.9. The first-order valence-corrected chi connectivity index (χ1v) is 18.6. The molecule has 6 aliphatic rings. The molecule has 0 radical (unpaired) electrons. The standard InChI is InChI=1S/C33H47N3O6.C3H8.C2H6/c1-18-21-8-11-31(5)22-9-13-33(17-41-19(2)37)15-14-32(6)27(33)26(22)23(35-28(39)34(7)29(40)36(32)35)16-25(31)30(21,4)12-10-24(18)42-20(3)38;1-3-2;1-2/h18,21-25H,8-17H2,1-7H3;3H2,1-2H3;1-2H3. The Morgan fingerprint density at radius 2 is 1.51 bits per heavy atom. The van der Waals surface area contributed by atoms with Gasteiger partial charge >= 0.3 is 23.3 Å². The average molecular weight is 656 g/mol. The van der Waals surface area contributed by atoms with Crippen molar-refractivity contribution in [2.45, 2.75) is 151 Å². The first kappa shape index (κ1) is 35.7. The summed E-state index contributed by atoms with van der Waals surface area (Å²) >= 11 is 0. The van der Waals surface area contributed by atoms with Crippen molar-refractivity contribution in [3.63, 3.8) is 0 Å². The molecule has 4 saturated carbocycles. The molecule has 9 nitrogen and oxygen atoms in total. The monoisotopic (exact) mass is 655 g/mol. The van der Waals surface area contributed by atoms with Crippen LogP contribution in [0.1, 0.15) is 139 Å². The van der Waals surface area contributed by atoms with Crippen LogP contribution >= 0.6 is 0 Å². The number of hydrogen-bond donors (Lipinski definition) is 0. The van der Waals surface area contributed by atoms with Crippen molar-refractivity contribution < 1.29 is 19.1 Å². The molecule has 10 atom stereocenters. The SMILES string of the molecule is CC.CC(=O)OCC12CCC3C4=C1C(C)(CC2)n1c(=O)n(C)c(=O)n1C4CC1C3(C)CCC2C(C)C(OC(C)=O)CCC21C.CCC. The number of fused-ring (bicyclic) bond motifs is 7. The van der Waals surface area contributed by atoms with Gasteiger partial charge in [-0.05, 0) is 110 Å². The van der Waals surface area contributed by atoms with E-state index in [2.05, 4.69) is 41.5 Å². The topological polar surface area (TPSA) is 102 Å². The van der Waals surface area contributed by atoms with Crippen LogP contribution in [0.15, 0.2) is 20.7 Å². The summed E-state index contributed by atoms with van der Waals surface area (Å²) in [5, 5.41) is 0. The van der Waals surface area contributed by atoms with E-state index in [1.807, 2.05) is 18.5 Å². The third kappa shape index (κ3) is 4.97. The average Bonchev–Trinajstić information content (AvgIpc) is 3.46. The zero-order valence-electron chi connectivity index (χ0n) is 31.0. The van der Waals surface area contributed by atoms with Gasteiger partial charge < -0.3 is 9.47 Å². The number of hydrogen-bond acceptors (Lipinski definition) is 6. The summed E-state index contributed by atoms with van der Waals surface area (Å²) in [6.07, 6.45) is 9.66. The largest absolute Gasteiger partial charge is 0.465 e. The number of ether oxygens (including phenoxy) is 2. The highest BCUT2D eigenvalue weighted by molar-refractivity contribution is 5.66. The number of carbonyl (C=O) groups is 2.